The molecule has 19 heavy (non-hydrogen) atoms. The van der Waals surface area contributed by atoms with Gasteiger partial charge in [0.25, 0.3) is 0 Å². The number of rotatable bonds is 3. The standard InChI is InChI=1S/C15H22N2O2/c1-10-8-14(6-7-19-10)17-15(18)11(2)12-4-3-5-13(16)9-12/h3-5,9-11,14H,6-8,16H2,1-2H3,(H,17,18). The Kier molecular flexibility index (Phi) is 4.43. The lowest BCUT2D eigenvalue weighted by Crippen LogP contribution is -2.42. The highest BCUT2D eigenvalue weighted by atomic mass is 16.5. The quantitative estimate of drug-likeness (QED) is 0.819. The smallest absolute Gasteiger partial charge is 0.227 e. The van der Waals surface area contributed by atoms with Crippen LogP contribution < -0.4 is 11.1 Å². The summed E-state index contributed by atoms with van der Waals surface area (Å²) in [4.78, 5) is 12.2. The highest BCUT2D eigenvalue weighted by Crippen LogP contribution is 2.19. The number of nitrogens with two attached hydrogens (primary N) is 1. The number of nitrogens with one attached hydrogen (secondary N) is 1. The number of carbonyl (C=O) groups is 1. The summed E-state index contributed by atoms with van der Waals surface area (Å²) in [6, 6.07) is 7.73. The second kappa shape index (κ2) is 6.06. The minimum atomic E-state index is -0.179. The maximum absolute atomic E-state index is 12.2. The number of ether oxygens (including phenoxy) is 1. The van der Waals surface area contributed by atoms with Crippen molar-refractivity contribution in [3.05, 3.63) is 29.8 Å². The van der Waals surface area contributed by atoms with Crippen LogP contribution in [0.25, 0.3) is 0 Å². The van der Waals surface area contributed by atoms with Gasteiger partial charge in [-0.15, -0.1) is 0 Å². The molecule has 3 unspecified atom stereocenters. The van der Waals surface area contributed by atoms with Crippen LogP contribution in [-0.4, -0.2) is 24.7 Å². The Morgan fingerprint density at radius 1 is 1.53 bits per heavy atom. The molecule has 3 N–H and O–H groups in total. The zero-order valence-corrected chi connectivity index (χ0v) is 11.6. The van der Waals surface area contributed by atoms with Crippen LogP contribution in [0.1, 0.15) is 38.2 Å². The van der Waals surface area contributed by atoms with Crippen molar-refractivity contribution < 1.29 is 9.53 Å². The van der Waals surface area contributed by atoms with Crippen LogP contribution in [0.2, 0.25) is 0 Å². The molecular formula is C15H22N2O2. The number of carbonyl (C=O) groups excluding carboxylic acids is 1. The molecule has 1 aromatic rings. The van der Waals surface area contributed by atoms with Gasteiger partial charge in [-0.05, 0) is 44.4 Å². The van der Waals surface area contributed by atoms with E-state index in [4.69, 9.17) is 10.5 Å². The number of nitrogen functional groups attached to an aromatic ring is 1. The monoisotopic (exact) mass is 262 g/mol. The van der Waals surface area contributed by atoms with Crippen molar-refractivity contribution in [2.75, 3.05) is 12.3 Å². The first-order valence-electron chi connectivity index (χ1n) is 6.83. The Labute approximate surface area is 114 Å². The molecule has 1 aliphatic rings. The number of benzene rings is 1. The Morgan fingerprint density at radius 3 is 3.00 bits per heavy atom. The topological polar surface area (TPSA) is 64.4 Å². The van der Waals surface area contributed by atoms with E-state index in [9.17, 15) is 4.79 Å². The molecule has 0 radical (unpaired) electrons. The summed E-state index contributed by atoms with van der Waals surface area (Å²) < 4.78 is 5.48. The van der Waals surface area contributed by atoms with Crippen molar-refractivity contribution in [2.45, 2.75) is 44.8 Å². The maximum atomic E-state index is 12.2. The molecule has 0 spiro atoms. The van der Waals surface area contributed by atoms with E-state index < -0.39 is 0 Å². The van der Waals surface area contributed by atoms with Gasteiger partial charge in [-0.2, -0.15) is 0 Å². The minimum Gasteiger partial charge on any atom is -0.399 e. The average molecular weight is 262 g/mol. The van der Waals surface area contributed by atoms with Crippen LogP contribution in [0.5, 0.6) is 0 Å². The van der Waals surface area contributed by atoms with Crippen molar-refractivity contribution in [2.24, 2.45) is 0 Å². The first-order chi connectivity index (χ1) is 9.06. The lowest BCUT2D eigenvalue weighted by molar-refractivity contribution is -0.123. The van der Waals surface area contributed by atoms with Crippen LogP contribution in [0, 0.1) is 0 Å². The molecule has 1 fully saturated rings. The van der Waals surface area contributed by atoms with Gasteiger partial charge in [0, 0.05) is 18.3 Å². The van der Waals surface area contributed by atoms with Gasteiger partial charge in [-0.1, -0.05) is 12.1 Å². The van der Waals surface area contributed by atoms with E-state index in [1.165, 1.54) is 0 Å². The van der Waals surface area contributed by atoms with E-state index in [1.807, 2.05) is 38.1 Å². The molecule has 1 aliphatic heterocycles. The molecule has 0 bridgehead atoms. The summed E-state index contributed by atoms with van der Waals surface area (Å²) in [7, 11) is 0. The van der Waals surface area contributed by atoms with Gasteiger partial charge < -0.3 is 15.8 Å². The van der Waals surface area contributed by atoms with Crippen LogP contribution in [0.15, 0.2) is 24.3 Å². The molecule has 4 nitrogen and oxygen atoms in total. The zero-order valence-electron chi connectivity index (χ0n) is 11.6. The Bertz CT molecular complexity index is 448. The van der Waals surface area contributed by atoms with Crippen molar-refractivity contribution >= 4 is 11.6 Å². The summed E-state index contributed by atoms with van der Waals surface area (Å²) in [6.45, 7) is 4.67. The van der Waals surface area contributed by atoms with Gasteiger partial charge in [0.2, 0.25) is 5.91 Å². The predicted octanol–water partition coefficient (Wildman–Crippen LogP) is 2.06. The lowest BCUT2D eigenvalue weighted by atomic mass is 9.98. The molecule has 1 saturated heterocycles. The SMILES string of the molecule is CC1CC(NC(=O)C(C)c2cccc(N)c2)CCO1. The van der Waals surface area contributed by atoms with Crippen LogP contribution in [0.4, 0.5) is 5.69 Å². The first kappa shape index (κ1) is 13.9. The number of hydrogen-bond acceptors (Lipinski definition) is 3. The predicted molar refractivity (Wildman–Crippen MR) is 75.8 cm³/mol. The van der Waals surface area contributed by atoms with Crippen LogP contribution in [-0.2, 0) is 9.53 Å². The fourth-order valence-electron chi connectivity index (χ4n) is 2.44. The van der Waals surface area contributed by atoms with Crippen molar-refractivity contribution in [1.82, 2.24) is 5.32 Å². The Morgan fingerprint density at radius 2 is 2.32 bits per heavy atom. The van der Waals surface area contributed by atoms with Crippen LogP contribution in [0.3, 0.4) is 0 Å². The third kappa shape index (κ3) is 3.70. The van der Waals surface area contributed by atoms with Crippen molar-refractivity contribution in [1.29, 1.82) is 0 Å². The van der Waals surface area contributed by atoms with E-state index in [1.54, 1.807) is 0 Å². The molecule has 2 rings (SSSR count). The van der Waals surface area contributed by atoms with Crippen molar-refractivity contribution in [3.8, 4) is 0 Å². The van der Waals surface area contributed by atoms with Gasteiger partial charge >= 0.3 is 0 Å². The molecule has 104 valence electrons. The third-order valence-corrected chi connectivity index (χ3v) is 3.64. The number of anilines is 1. The fourth-order valence-corrected chi connectivity index (χ4v) is 2.44. The largest absolute Gasteiger partial charge is 0.399 e. The summed E-state index contributed by atoms with van der Waals surface area (Å²) >= 11 is 0. The number of amides is 1. The Hall–Kier alpha value is -1.55. The van der Waals surface area contributed by atoms with Crippen molar-refractivity contribution in [3.63, 3.8) is 0 Å². The highest BCUT2D eigenvalue weighted by Gasteiger charge is 2.23. The van der Waals surface area contributed by atoms with E-state index in [0.717, 1.165) is 25.0 Å². The van der Waals surface area contributed by atoms with Crippen LogP contribution >= 0.6 is 0 Å². The molecule has 0 saturated carbocycles. The van der Waals surface area contributed by atoms with E-state index in [0.29, 0.717) is 5.69 Å². The molecule has 3 atom stereocenters. The van der Waals surface area contributed by atoms with E-state index >= 15 is 0 Å². The van der Waals surface area contributed by atoms with Gasteiger partial charge in [0.05, 0.1) is 12.0 Å². The second-order valence-electron chi connectivity index (χ2n) is 5.30. The normalized spacial score (nSPS) is 24.7. The Balaban J connectivity index is 1.95. The zero-order chi connectivity index (χ0) is 13.8. The van der Waals surface area contributed by atoms with E-state index in [2.05, 4.69) is 5.32 Å². The maximum Gasteiger partial charge on any atom is 0.227 e. The average Bonchev–Trinajstić information content (AvgIpc) is 2.38. The summed E-state index contributed by atoms with van der Waals surface area (Å²) in [6.07, 6.45) is 2.00. The summed E-state index contributed by atoms with van der Waals surface area (Å²) in [5, 5.41) is 3.11. The van der Waals surface area contributed by atoms with Gasteiger partial charge in [0.1, 0.15) is 0 Å². The molecule has 0 aliphatic carbocycles. The molecule has 1 amide bonds. The lowest BCUT2D eigenvalue weighted by Gasteiger charge is -2.29. The van der Waals surface area contributed by atoms with Gasteiger partial charge in [-0.3, -0.25) is 4.79 Å². The van der Waals surface area contributed by atoms with Gasteiger partial charge in [0.15, 0.2) is 0 Å². The molecule has 0 aromatic heterocycles. The molecule has 1 heterocycles. The number of hydrogen-bond donors (Lipinski definition) is 2. The van der Waals surface area contributed by atoms with E-state index in [-0.39, 0.29) is 24.0 Å². The summed E-state index contributed by atoms with van der Waals surface area (Å²) in [5.41, 5.74) is 7.40. The minimum absolute atomic E-state index is 0.0599. The third-order valence-electron chi connectivity index (χ3n) is 3.64. The molecule has 4 heteroatoms. The molecule has 1 aromatic carbocycles. The first-order valence-corrected chi connectivity index (χ1v) is 6.83. The van der Waals surface area contributed by atoms with Gasteiger partial charge in [-0.25, -0.2) is 0 Å². The highest BCUT2D eigenvalue weighted by molar-refractivity contribution is 5.83. The fraction of sp³-hybridized carbons (Fsp3) is 0.533. The second-order valence-corrected chi connectivity index (χ2v) is 5.30. The summed E-state index contributed by atoms with van der Waals surface area (Å²) in [5.74, 6) is -0.119. The molecular weight excluding hydrogens is 240 g/mol.